The fourth-order valence-corrected chi connectivity index (χ4v) is 3.77. The lowest BCUT2D eigenvalue weighted by molar-refractivity contribution is 0.148. The van der Waals surface area contributed by atoms with Gasteiger partial charge in [0.1, 0.15) is 0 Å². The third kappa shape index (κ3) is 4.71. The molecule has 1 aromatic heterocycles. The summed E-state index contributed by atoms with van der Waals surface area (Å²) in [5.41, 5.74) is 3.52. The van der Waals surface area contributed by atoms with Gasteiger partial charge in [-0.1, -0.05) is 31.5 Å². The van der Waals surface area contributed by atoms with Crippen LogP contribution in [0.5, 0.6) is 0 Å². The van der Waals surface area contributed by atoms with Crippen LogP contribution < -0.4 is 5.32 Å². The van der Waals surface area contributed by atoms with Gasteiger partial charge in [0, 0.05) is 35.9 Å². The first-order valence-electron chi connectivity index (χ1n) is 9.68. The lowest BCUT2D eigenvalue weighted by Gasteiger charge is -2.35. The summed E-state index contributed by atoms with van der Waals surface area (Å²) in [4.78, 5) is 9.75. The van der Waals surface area contributed by atoms with Crippen LogP contribution >= 0.6 is 0 Å². The third-order valence-corrected chi connectivity index (χ3v) is 5.31. The average molecular weight is 341 g/mol. The highest BCUT2D eigenvalue weighted by Gasteiger charge is 2.20. The van der Waals surface area contributed by atoms with E-state index < -0.39 is 0 Å². The zero-order valence-electron chi connectivity index (χ0n) is 16.0. The second-order valence-corrected chi connectivity index (χ2v) is 7.39. The average Bonchev–Trinajstić information content (AvgIpc) is 2.62. The van der Waals surface area contributed by atoms with E-state index in [2.05, 4.69) is 66.5 Å². The molecule has 1 aliphatic rings. The minimum Gasteiger partial charge on any atom is -0.383 e. The second-order valence-electron chi connectivity index (χ2n) is 7.39. The highest BCUT2D eigenvalue weighted by atomic mass is 15.2. The molecule has 0 radical (unpaired) electrons. The molecule has 0 bridgehead atoms. The molecule has 4 nitrogen and oxygen atoms in total. The van der Waals surface area contributed by atoms with Gasteiger partial charge in [-0.2, -0.15) is 0 Å². The van der Waals surface area contributed by atoms with E-state index in [1.165, 1.54) is 42.7 Å². The van der Waals surface area contributed by atoms with E-state index in [0.717, 1.165) is 37.5 Å². The van der Waals surface area contributed by atoms with E-state index in [1.54, 1.807) is 0 Å². The van der Waals surface area contributed by atoms with Gasteiger partial charge in [0.05, 0.1) is 5.52 Å². The molecule has 1 aromatic carbocycles. The molecule has 25 heavy (non-hydrogen) atoms. The van der Waals surface area contributed by atoms with Crippen molar-refractivity contribution in [3.63, 3.8) is 0 Å². The van der Waals surface area contributed by atoms with Crippen molar-refractivity contribution in [3.8, 4) is 0 Å². The maximum absolute atomic E-state index is 4.79. The Bertz CT molecular complexity index is 675. The molecule has 3 rings (SSSR count). The highest BCUT2D eigenvalue weighted by molar-refractivity contribution is 5.91. The normalized spacial score (nSPS) is 16.6. The fraction of sp³-hybridized carbons (Fsp3) is 0.571. The molecule has 1 aliphatic heterocycles. The summed E-state index contributed by atoms with van der Waals surface area (Å²) in [5.74, 6) is 0. The summed E-state index contributed by atoms with van der Waals surface area (Å²) in [6.45, 7) is 6.73. The van der Waals surface area contributed by atoms with Crippen LogP contribution in [-0.2, 0) is 6.42 Å². The van der Waals surface area contributed by atoms with Crippen molar-refractivity contribution in [2.45, 2.75) is 38.6 Å². The highest BCUT2D eigenvalue weighted by Crippen LogP contribution is 2.23. The Labute approximate surface area is 152 Å². The Hall–Kier alpha value is -1.65. The molecule has 0 amide bonds. The van der Waals surface area contributed by atoms with Crippen molar-refractivity contribution in [2.24, 2.45) is 0 Å². The Kier molecular flexibility index (Phi) is 6.27. The molecule has 2 heterocycles. The van der Waals surface area contributed by atoms with Gasteiger partial charge in [-0.25, -0.2) is 0 Å². The number of hydrogen-bond donors (Lipinski definition) is 1. The maximum atomic E-state index is 4.79. The van der Waals surface area contributed by atoms with Crippen LogP contribution in [0.4, 0.5) is 5.69 Å². The predicted octanol–water partition coefficient (Wildman–Crippen LogP) is 3.63. The molecule has 0 saturated carbocycles. The van der Waals surface area contributed by atoms with Crippen LogP contribution in [-0.4, -0.2) is 61.1 Å². The number of para-hydroxylation sites is 1. The number of piperidine rings is 1. The van der Waals surface area contributed by atoms with E-state index in [0.29, 0.717) is 0 Å². The van der Waals surface area contributed by atoms with Crippen molar-refractivity contribution in [3.05, 3.63) is 36.0 Å². The maximum Gasteiger partial charge on any atom is 0.0726 e. The van der Waals surface area contributed by atoms with Gasteiger partial charge < -0.3 is 15.1 Å². The van der Waals surface area contributed by atoms with Crippen LogP contribution in [0.3, 0.4) is 0 Å². The first kappa shape index (κ1) is 18.2. The summed E-state index contributed by atoms with van der Waals surface area (Å²) in [5, 5.41) is 4.91. The molecule has 0 atom stereocenters. The number of anilines is 1. The smallest absolute Gasteiger partial charge is 0.0726 e. The monoisotopic (exact) mass is 340 g/mol. The number of hydrogen-bond acceptors (Lipinski definition) is 4. The molecule has 0 unspecified atom stereocenters. The van der Waals surface area contributed by atoms with Gasteiger partial charge in [-0.3, -0.25) is 4.98 Å². The number of benzene rings is 1. The molecular formula is C21H32N4. The molecule has 4 heteroatoms. The number of aromatic nitrogens is 1. The van der Waals surface area contributed by atoms with Gasteiger partial charge >= 0.3 is 0 Å². The van der Waals surface area contributed by atoms with Gasteiger partial charge in [0.15, 0.2) is 0 Å². The van der Waals surface area contributed by atoms with Crippen LogP contribution in [0.2, 0.25) is 0 Å². The van der Waals surface area contributed by atoms with Gasteiger partial charge in [0.2, 0.25) is 0 Å². The summed E-state index contributed by atoms with van der Waals surface area (Å²) >= 11 is 0. The summed E-state index contributed by atoms with van der Waals surface area (Å²) in [6.07, 6.45) is 4.74. The largest absolute Gasteiger partial charge is 0.383 e. The van der Waals surface area contributed by atoms with Crippen LogP contribution in [0.15, 0.2) is 30.3 Å². The summed E-state index contributed by atoms with van der Waals surface area (Å²) in [7, 11) is 4.40. The molecule has 1 fully saturated rings. The van der Waals surface area contributed by atoms with E-state index in [9.17, 15) is 0 Å². The van der Waals surface area contributed by atoms with Gasteiger partial charge in [0.25, 0.3) is 0 Å². The lowest BCUT2D eigenvalue weighted by Crippen LogP contribution is -2.43. The van der Waals surface area contributed by atoms with Crippen molar-refractivity contribution in [1.82, 2.24) is 14.8 Å². The third-order valence-electron chi connectivity index (χ3n) is 5.31. The first-order chi connectivity index (χ1) is 12.2. The Morgan fingerprint density at radius 1 is 1.20 bits per heavy atom. The minimum absolute atomic E-state index is 0.755. The zero-order valence-corrected chi connectivity index (χ0v) is 16.0. The number of nitrogens with zero attached hydrogens (tertiary/aromatic N) is 3. The van der Waals surface area contributed by atoms with Crippen LogP contribution in [0, 0.1) is 0 Å². The molecule has 0 aliphatic carbocycles. The Morgan fingerprint density at radius 3 is 2.68 bits per heavy atom. The van der Waals surface area contributed by atoms with Crippen LogP contribution in [0.25, 0.3) is 10.9 Å². The number of aryl methyl sites for hydroxylation is 1. The second kappa shape index (κ2) is 8.63. The predicted molar refractivity (Wildman–Crippen MR) is 107 cm³/mol. The number of fused-ring (bicyclic) bond motifs is 1. The minimum atomic E-state index is 0.755. The molecule has 136 valence electrons. The van der Waals surface area contributed by atoms with E-state index >= 15 is 0 Å². The summed E-state index contributed by atoms with van der Waals surface area (Å²) < 4.78 is 0. The van der Waals surface area contributed by atoms with Crippen molar-refractivity contribution < 1.29 is 0 Å². The van der Waals surface area contributed by atoms with Crippen molar-refractivity contribution >= 4 is 16.6 Å². The molecular weight excluding hydrogens is 308 g/mol. The van der Waals surface area contributed by atoms with E-state index in [4.69, 9.17) is 4.98 Å². The lowest BCUT2D eigenvalue weighted by atomic mass is 10.0. The summed E-state index contributed by atoms with van der Waals surface area (Å²) in [6, 6.07) is 11.5. The quantitative estimate of drug-likeness (QED) is 0.834. The van der Waals surface area contributed by atoms with Crippen molar-refractivity contribution in [1.29, 1.82) is 0 Å². The van der Waals surface area contributed by atoms with Crippen LogP contribution in [0.1, 0.15) is 31.9 Å². The Balaban J connectivity index is 1.59. The molecule has 1 saturated heterocycles. The fourth-order valence-electron chi connectivity index (χ4n) is 3.77. The molecule has 2 aromatic rings. The molecule has 1 N–H and O–H groups in total. The van der Waals surface area contributed by atoms with Crippen molar-refractivity contribution in [2.75, 3.05) is 45.6 Å². The zero-order chi connectivity index (χ0) is 17.6. The number of likely N-dealkylation sites (tertiary alicyclic amines) is 1. The Morgan fingerprint density at radius 2 is 1.96 bits per heavy atom. The SMILES string of the molecule is CCCc1cc(NCCN2CCC(N(C)C)CC2)c2ccccc2n1. The van der Waals surface area contributed by atoms with E-state index in [1.807, 2.05) is 0 Å². The topological polar surface area (TPSA) is 31.4 Å². The standard InChI is InChI=1S/C21H32N4/c1-4-7-17-16-21(19-8-5-6-9-20(19)23-17)22-12-15-25-13-10-18(11-14-25)24(2)3/h5-6,8-9,16,18H,4,7,10-15H2,1-3H3,(H,22,23). The number of rotatable bonds is 7. The molecule has 0 spiro atoms. The van der Waals surface area contributed by atoms with Gasteiger partial charge in [-0.05, 0) is 58.6 Å². The number of pyridine rings is 1. The van der Waals surface area contributed by atoms with Gasteiger partial charge in [-0.15, -0.1) is 0 Å². The first-order valence-corrected chi connectivity index (χ1v) is 9.68. The number of nitrogens with one attached hydrogen (secondary N) is 1. The van der Waals surface area contributed by atoms with E-state index in [-0.39, 0.29) is 0 Å².